The predicted molar refractivity (Wildman–Crippen MR) is 91.1 cm³/mol. The third kappa shape index (κ3) is 2.55. The minimum Gasteiger partial charge on any atom is -0.403 e. The number of nitrogens with zero attached hydrogens (tertiary/aromatic N) is 1. The van der Waals surface area contributed by atoms with Gasteiger partial charge >= 0.3 is 6.39 Å². The monoisotopic (exact) mass is 298 g/mol. The summed E-state index contributed by atoms with van der Waals surface area (Å²) in [6, 6.07) is 30.8. The van der Waals surface area contributed by atoms with Gasteiger partial charge in [0, 0.05) is 17.7 Å². The highest BCUT2D eigenvalue weighted by molar-refractivity contribution is 5.74. The van der Waals surface area contributed by atoms with Crippen molar-refractivity contribution in [2.75, 3.05) is 0 Å². The predicted octanol–water partition coefficient (Wildman–Crippen LogP) is 4.89. The van der Waals surface area contributed by atoms with E-state index in [9.17, 15) is 0 Å². The fraction of sp³-hybridized carbons (Fsp3) is 0. The highest BCUT2D eigenvalue weighted by atomic mass is 16.3. The first-order valence-corrected chi connectivity index (χ1v) is 7.63. The molecule has 3 aromatic carbocycles. The average Bonchev–Trinajstić information content (AvgIpc) is 3.09. The highest BCUT2D eigenvalue weighted by Crippen LogP contribution is 2.30. The number of para-hydroxylation sites is 1. The van der Waals surface area contributed by atoms with Gasteiger partial charge < -0.3 is 4.42 Å². The van der Waals surface area contributed by atoms with Gasteiger partial charge in [-0.3, -0.25) is 0 Å². The van der Waals surface area contributed by atoms with Gasteiger partial charge in [-0.25, -0.2) is 0 Å². The van der Waals surface area contributed by atoms with Crippen LogP contribution in [0.3, 0.4) is 0 Å². The van der Waals surface area contributed by atoms with Crippen molar-refractivity contribution < 1.29 is 8.98 Å². The first-order valence-electron chi connectivity index (χ1n) is 7.63. The Balaban J connectivity index is 1.97. The van der Waals surface area contributed by atoms with Crippen LogP contribution in [-0.2, 0) is 0 Å². The van der Waals surface area contributed by atoms with E-state index in [1.54, 1.807) is 6.39 Å². The van der Waals surface area contributed by atoms with Gasteiger partial charge in [0.1, 0.15) is 0 Å². The van der Waals surface area contributed by atoms with E-state index in [1.807, 2.05) is 54.6 Å². The smallest absolute Gasteiger partial charge is 0.341 e. The first-order chi connectivity index (χ1) is 11.4. The lowest BCUT2D eigenvalue weighted by atomic mass is 10.1. The lowest BCUT2D eigenvalue weighted by molar-refractivity contribution is -0.588. The topological polar surface area (TPSA) is 17.0 Å². The molecule has 0 saturated carbocycles. The molecular weight excluding hydrogens is 282 g/mol. The van der Waals surface area contributed by atoms with E-state index in [2.05, 4.69) is 41.0 Å². The summed E-state index contributed by atoms with van der Waals surface area (Å²) in [5.41, 5.74) is 4.34. The van der Waals surface area contributed by atoms with Crippen molar-refractivity contribution in [2.24, 2.45) is 0 Å². The van der Waals surface area contributed by atoms with Crippen molar-refractivity contribution in [1.82, 2.24) is 0 Å². The molecule has 0 saturated heterocycles. The molecular formula is C21H16NO+. The van der Waals surface area contributed by atoms with E-state index in [1.165, 1.54) is 0 Å². The van der Waals surface area contributed by atoms with Crippen LogP contribution in [0.5, 0.6) is 0 Å². The fourth-order valence-corrected chi connectivity index (χ4v) is 2.76. The Morgan fingerprint density at radius 2 is 1.09 bits per heavy atom. The molecule has 0 unspecified atom stereocenters. The number of rotatable bonds is 3. The Labute approximate surface area is 135 Å². The van der Waals surface area contributed by atoms with Crippen LogP contribution in [0.15, 0.2) is 102 Å². The molecule has 2 heteroatoms. The van der Waals surface area contributed by atoms with Gasteiger partial charge in [0.05, 0.1) is 5.56 Å². The fourth-order valence-electron chi connectivity index (χ4n) is 2.76. The van der Waals surface area contributed by atoms with Crippen LogP contribution in [0.4, 0.5) is 0 Å². The van der Waals surface area contributed by atoms with Crippen molar-refractivity contribution in [3.05, 3.63) is 97.4 Å². The molecule has 0 aliphatic rings. The Bertz CT molecular complexity index is 840. The van der Waals surface area contributed by atoms with Crippen LogP contribution in [0.2, 0.25) is 0 Å². The Hall–Kier alpha value is -3.13. The second kappa shape index (κ2) is 5.93. The van der Waals surface area contributed by atoms with Crippen LogP contribution >= 0.6 is 0 Å². The minimum atomic E-state index is 0.876. The summed E-state index contributed by atoms with van der Waals surface area (Å²) in [4.78, 5) is 0. The summed E-state index contributed by atoms with van der Waals surface area (Å²) in [5, 5.41) is 0. The SMILES string of the molecule is c1ccc(-c2oc[n+](-c3ccccc3)c2-c2ccccc2)cc1. The van der Waals surface area contributed by atoms with Crippen molar-refractivity contribution in [1.29, 1.82) is 0 Å². The molecule has 0 atom stereocenters. The maximum absolute atomic E-state index is 5.95. The Morgan fingerprint density at radius 3 is 1.70 bits per heavy atom. The molecule has 0 spiro atoms. The first kappa shape index (κ1) is 13.5. The number of aromatic nitrogens is 1. The van der Waals surface area contributed by atoms with Crippen molar-refractivity contribution in [3.8, 4) is 28.3 Å². The molecule has 110 valence electrons. The van der Waals surface area contributed by atoms with Crippen LogP contribution in [0, 0.1) is 0 Å². The van der Waals surface area contributed by atoms with Crippen LogP contribution < -0.4 is 4.57 Å². The number of hydrogen-bond acceptors (Lipinski definition) is 1. The molecule has 0 aliphatic heterocycles. The second-order valence-corrected chi connectivity index (χ2v) is 5.34. The maximum Gasteiger partial charge on any atom is 0.341 e. The van der Waals surface area contributed by atoms with Crippen molar-refractivity contribution >= 4 is 0 Å². The lowest BCUT2D eigenvalue weighted by Crippen LogP contribution is -2.30. The largest absolute Gasteiger partial charge is 0.403 e. The minimum absolute atomic E-state index is 0.876. The van der Waals surface area contributed by atoms with E-state index in [4.69, 9.17) is 4.42 Å². The van der Waals surface area contributed by atoms with E-state index >= 15 is 0 Å². The zero-order chi connectivity index (χ0) is 15.5. The molecule has 23 heavy (non-hydrogen) atoms. The van der Waals surface area contributed by atoms with Gasteiger partial charge in [-0.2, -0.15) is 0 Å². The van der Waals surface area contributed by atoms with E-state index in [0.717, 1.165) is 28.3 Å². The van der Waals surface area contributed by atoms with Gasteiger partial charge in [-0.15, -0.1) is 4.57 Å². The number of benzene rings is 3. The standard InChI is InChI=1S/C21H16NO/c1-4-10-17(11-5-1)20-21(18-12-6-2-7-13-18)23-16-22(20)19-14-8-3-9-15-19/h1-16H/q+1. The molecule has 4 rings (SSSR count). The maximum atomic E-state index is 5.95. The van der Waals surface area contributed by atoms with E-state index in [0.29, 0.717) is 0 Å². The number of hydrogen-bond donors (Lipinski definition) is 0. The molecule has 4 aromatic rings. The summed E-state index contributed by atoms with van der Waals surface area (Å²) in [5.74, 6) is 0.876. The van der Waals surface area contributed by atoms with Crippen LogP contribution in [0.1, 0.15) is 0 Å². The van der Waals surface area contributed by atoms with Gasteiger partial charge in [-0.05, 0) is 12.1 Å². The molecule has 2 nitrogen and oxygen atoms in total. The molecule has 0 radical (unpaired) electrons. The summed E-state index contributed by atoms with van der Waals surface area (Å²) in [6.45, 7) is 0. The molecule has 0 aliphatic carbocycles. The Morgan fingerprint density at radius 1 is 0.565 bits per heavy atom. The van der Waals surface area contributed by atoms with Gasteiger partial charge in [0.15, 0.2) is 0 Å². The van der Waals surface area contributed by atoms with Crippen LogP contribution in [0.25, 0.3) is 28.3 Å². The summed E-state index contributed by atoms with van der Waals surface area (Å²) >= 11 is 0. The van der Waals surface area contributed by atoms with Crippen LogP contribution in [-0.4, -0.2) is 0 Å². The molecule has 0 amide bonds. The summed E-state index contributed by atoms with van der Waals surface area (Å²) < 4.78 is 8.05. The molecule has 1 aromatic heterocycles. The third-order valence-corrected chi connectivity index (χ3v) is 3.85. The van der Waals surface area contributed by atoms with Crippen molar-refractivity contribution in [2.45, 2.75) is 0 Å². The second-order valence-electron chi connectivity index (χ2n) is 5.34. The van der Waals surface area contributed by atoms with Crippen molar-refractivity contribution in [3.63, 3.8) is 0 Å². The molecule has 1 heterocycles. The highest BCUT2D eigenvalue weighted by Gasteiger charge is 2.26. The van der Waals surface area contributed by atoms with Gasteiger partial charge in [0.25, 0.3) is 5.69 Å². The average molecular weight is 298 g/mol. The van der Waals surface area contributed by atoms with Gasteiger partial charge in [0.2, 0.25) is 11.4 Å². The Kier molecular flexibility index (Phi) is 3.49. The molecule has 0 bridgehead atoms. The third-order valence-electron chi connectivity index (χ3n) is 3.85. The number of oxazole rings is 1. The van der Waals surface area contributed by atoms with E-state index in [-0.39, 0.29) is 0 Å². The van der Waals surface area contributed by atoms with Gasteiger partial charge in [-0.1, -0.05) is 66.7 Å². The summed E-state index contributed by atoms with van der Waals surface area (Å²) in [6.07, 6.45) is 1.78. The molecule has 0 fully saturated rings. The zero-order valence-electron chi connectivity index (χ0n) is 12.6. The lowest BCUT2D eigenvalue weighted by Gasteiger charge is -2.00. The summed E-state index contributed by atoms with van der Waals surface area (Å²) in [7, 11) is 0. The normalized spacial score (nSPS) is 10.6. The zero-order valence-corrected chi connectivity index (χ0v) is 12.6. The quantitative estimate of drug-likeness (QED) is 0.492. The van der Waals surface area contributed by atoms with E-state index < -0.39 is 0 Å². The molecule has 0 N–H and O–H groups in total.